The number of aromatic nitrogens is 2. The van der Waals surface area contributed by atoms with Crippen LogP contribution in [-0.2, 0) is 13.0 Å². The summed E-state index contributed by atoms with van der Waals surface area (Å²) in [7, 11) is 0. The number of hydrogen-bond acceptors (Lipinski definition) is 3. The average Bonchev–Trinajstić information content (AvgIpc) is 2.87. The molecule has 0 amide bonds. The van der Waals surface area contributed by atoms with Gasteiger partial charge in [0, 0.05) is 18.8 Å². The summed E-state index contributed by atoms with van der Waals surface area (Å²) in [5.74, 6) is 0.809. The molecule has 20 heavy (non-hydrogen) atoms. The van der Waals surface area contributed by atoms with Crippen LogP contribution < -0.4 is 4.74 Å². The van der Waals surface area contributed by atoms with Crippen molar-refractivity contribution in [1.82, 2.24) is 9.55 Å². The van der Waals surface area contributed by atoms with Crippen LogP contribution in [0.1, 0.15) is 29.5 Å². The number of carboxylic acid groups (broad SMARTS) is 1. The first-order valence-electron chi connectivity index (χ1n) is 6.67. The average molecular weight is 274 g/mol. The maximum absolute atomic E-state index is 10.7. The van der Waals surface area contributed by atoms with Crippen LogP contribution in [0.25, 0.3) is 0 Å². The predicted octanol–water partition coefficient (Wildman–Crippen LogP) is 2.61. The molecule has 1 N–H and O–H groups in total. The van der Waals surface area contributed by atoms with Crippen molar-refractivity contribution in [2.75, 3.05) is 6.61 Å². The van der Waals surface area contributed by atoms with Gasteiger partial charge in [-0.1, -0.05) is 6.92 Å². The molecule has 0 bridgehead atoms. The van der Waals surface area contributed by atoms with Crippen LogP contribution >= 0.6 is 0 Å². The molecule has 1 aromatic heterocycles. The Morgan fingerprint density at radius 2 is 2.10 bits per heavy atom. The summed E-state index contributed by atoms with van der Waals surface area (Å²) in [6, 6.07) is 6.42. The van der Waals surface area contributed by atoms with Crippen LogP contribution in [-0.4, -0.2) is 27.2 Å². The molecule has 1 heterocycles. The van der Waals surface area contributed by atoms with E-state index in [-0.39, 0.29) is 5.56 Å². The Morgan fingerprint density at radius 3 is 2.75 bits per heavy atom. The number of aryl methyl sites for hydroxylation is 1. The molecule has 0 spiro atoms. The Kier molecular flexibility index (Phi) is 4.76. The molecule has 0 unspecified atom stereocenters. The molecular formula is C15H18N2O3. The standard InChI is InChI=1S/C15H18N2O3/c1-2-3-14-16-8-9-17(14)10-11-20-13-6-4-12(5-7-13)15(18)19/h4-9H,2-3,10-11H2,1H3,(H,18,19). The molecule has 0 aliphatic carbocycles. The number of ether oxygens (including phenoxy) is 1. The molecule has 106 valence electrons. The molecule has 0 atom stereocenters. The van der Waals surface area contributed by atoms with Crippen LogP contribution in [0.5, 0.6) is 5.75 Å². The Morgan fingerprint density at radius 1 is 1.35 bits per heavy atom. The highest BCUT2D eigenvalue weighted by Gasteiger charge is 2.03. The molecule has 5 nitrogen and oxygen atoms in total. The van der Waals surface area contributed by atoms with Crippen LogP contribution in [0.2, 0.25) is 0 Å². The Labute approximate surface area is 117 Å². The maximum atomic E-state index is 10.7. The van der Waals surface area contributed by atoms with E-state index in [1.807, 2.05) is 6.20 Å². The smallest absolute Gasteiger partial charge is 0.335 e. The second kappa shape index (κ2) is 6.75. The van der Waals surface area contributed by atoms with Crippen molar-refractivity contribution in [3.63, 3.8) is 0 Å². The zero-order valence-electron chi connectivity index (χ0n) is 11.5. The largest absolute Gasteiger partial charge is 0.492 e. The second-order valence-electron chi connectivity index (χ2n) is 4.46. The lowest BCUT2D eigenvalue weighted by Gasteiger charge is -2.09. The molecule has 0 aliphatic rings. The van der Waals surface area contributed by atoms with Crippen molar-refractivity contribution in [1.29, 1.82) is 0 Å². The lowest BCUT2D eigenvalue weighted by atomic mass is 10.2. The summed E-state index contributed by atoms with van der Waals surface area (Å²) in [5.41, 5.74) is 0.261. The zero-order valence-corrected chi connectivity index (χ0v) is 11.5. The summed E-state index contributed by atoms with van der Waals surface area (Å²) in [6.45, 7) is 3.38. The fraction of sp³-hybridized carbons (Fsp3) is 0.333. The van der Waals surface area contributed by atoms with Gasteiger partial charge in [-0.25, -0.2) is 9.78 Å². The van der Waals surface area contributed by atoms with E-state index in [4.69, 9.17) is 9.84 Å². The van der Waals surface area contributed by atoms with Crippen molar-refractivity contribution in [2.45, 2.75) is 26.3 Å². The van der Waals surface area contributed by atoms with E-state index < -0.39 is 5.97 Å². The first-order valence-corrected chi connectivity index (χ1v) is 6.67. The van der Waals surface area contributed by atoms with E-state index in [9.17, 15) is 4.79 Å². The minimum Gasteiger partial charge on any atom is -0.492 e. The summed E-state index contributed by atoms with van der Waals surface area (Å²) in [4.78, 5) is 15.0. The number of nitrogens with zero attached hydrogens (tertiary/aromatic N) is 2. The molecule has 0 radical (unpaired) electrons. The molecule has 2 rings (SSSR count). The summed E-state index contributed by atoms with van der Waals surface area (Å²) >= 11 is 0. The van der Waals surface area contributed by atoms with Crippen LogP contribution in [0.3, 0.4) is 0 Å². The molecular weight excluding hydrogens is 256 g/mol. The fourth-order valence-electron chi connectivity index (χ4n) is 1.95. The second-order valence-corrected chi connectivity index (χ2v) is 4.46. The van der Waals surface area contributed by atoms with Gasteiger partial charge in [-0.2, -0.15) is 0 Å². The lowest BCUT2D eigenvalue weighted by molar-refractivity contribution is 0.0697. The zero-order chi connectivity index (χ0) is 14.4. The Bertz CT molecular complexity index is 561. The van der Waals surface area contributed by atoms with Gasteiger partial charge in [0.2, 0.25) is 0 Å². The van der Waals surface area contributed by atoms with Crippen LogP contribution in [0, 0.1) is 0 Å². The van der Waals surface area contributed by atoms with Crippen molar-refractivity contribution >= 4 is 5.97 Å². The molecule has 2 aromatic rings. The lowest BCUT2D eigenvalue weighted by Crippen LogP contribution is -2.10. The van der Waals surface area contributed by atoms with Gasteiger partial charge in [-0.15, -0.1) is 0 Å². The summed E-state index contributed by atoms with van der Waals surface area (Å²) < 4.78 is 7.68. The van der Waals surface area contributed by atoms with E-state index in [1.165, 1.54) is 12.1 Å². The van der Waals surface area contributed by atoms with Gasteiger partial charge in [0.05, 0.1) is 12.1 Å². The molecule has 0 saturated carbocycles. The highest BCUT2D eigenvalue weighted by Crippen LogP contribution is 2.12. The first-order chi connectivity index (χ1) is 9.70. The third kappa shape index (κ3) is 3.60. The SMILES string of the molecule is CCCc1nccn1CCOc1ccc(C(=O)O)cc1. The van der Waals surface area contributed by atoms with E-state index in [0.717, 1.165) is 25.2 Å². The van der Waals surface area contributed by atoms with Crippen molar-refractivity contribution in [3.8, 4) is 5.75 Å². The molecule has 0 aliphatic heterocycles. The quantitative estimate of drug-likeness (QED) is 0.843. The van der Waals surface area contributed by atoms with Crippen molar-refractivity contribution in [3.05, 3.63) is 48.0 Å². The van der Waals surface area contributed by atoms with E-state index in [2.05, 4.69) is 16.5 Å². The van der Waals surface area contributed by atoms with E-state index in [0.29, 0.717) is 12.4 Å². The molecule has 0 saturated heterocycles. The summed E-state index contributed by atoms with van der Waals surface area (Å²) in [6.07, 6.45) is 5.77. The molecule has 1 aromatic carbocycles. The normalized spacial score (nSPS) is 10.4. The number of hydrogen-bond donors (Lipinski definition) is 1. The van der Waals surface area contributed by atoms with Gasteiger partial charge in [0.1, 0.15) is 18.2 Å². The summed E-state index contributed by atoms with van der Waals surface area (Å²) in [5, 5.41) is 8.81. The van der Waals surface area contributed by atoms with Gasteiger partial charge < -0.3 is 14.4 Å². The number of benzene rings is 1. The Balaban J connectivity index is 1.86. The highest BCUT2D eigenvalue weighted by atomic mass is 16.5. The van der Waals surface area contributed by atoms with Gasteiger partial charge >= 0.3 is 5.97 Å². The third-order valence-corrected chi connectivity index (χ3v) is 2.98. The van der Waals surface area contributed by atoms with Gasteiger partial charge in [-0.3, -0.25) is 0 Å². The topological polar surface area (TPSA) is 64.4 Å². The van der Waals surface area contributed by atoms with Crippen LogP contribution in [0.15, 0.2) is 36.7 Å². The number of carbonyl (C=O) groups is 1. The minimum atomic E-state index is -0.931. The Hall–Kier alpha value is -2.30. The van der Waals surface area contributed by atoms with Crippen molar-refractivity contribution < 1.29 is 14.6 Å². The van der Waals surface area contributed by atoms with E-state index in [1.54, 1.807) is 18.3 Å². The number of aromatic carboxylic acids is 1. The fourth-order valence-corrected chi connectivity index (χ4v) is 1.95. The van der Waals surface area contributed by atoms with Crippen molar-refractivity contribution in [2.24, 2.45) is 0 Å². The predicted molar refractivity (Wildman–Crippen MR) is 75.1 cm³/mol. The molecule has 0 fully saturated rings. The van der Waals surface area contributed by atoms with Crippen LogP contribution in [0.4, 0.5) is 0 Å². The third-order valence-electron chi connectivity index (χ3n) is 2.98. The monoisotopic (exact) mass is 274 g/mol. The van der Waals surface area contributed by atoms with Gasteiger partial charge in [0.15, 0.2) is 0 Å². The molecule has 5 heteroatoms. The number of rotatable bonds is 7. The number of imidazole rings is 1. The minimum absolute atomic E-state index is 0.261. The van der Waals surface area contributed by atoms with Gasteiger partial charge in [-0.05, 0) is 30.7 Å². The van der Waals surface area contributed by atoms with E-state index >= 15 is 0 Å². The highest BCUT2D eigenvalue weighted by molar-refractivity contribution is 5.87. The maximum Gasteiger partial charge on any atom is 0.335 e. The van der Waals surface area contributed by atoms with Gasteiger partial charge in [0.25, 0.3) is 0 Å². The number of carboxylic acids is 1. The first kappa shape index (κ1) is 14.1.